The number of carboxylic acids is 2. The van der Waals surface area contributed by atoms with Gasteiger partial charge in [-0.2, -0.15) is 0 Å². The average molecular weight is 296 g/mol. The van der Waals surface area contributed by atoms with Crippen LogP contribution in [-0.2, 0) is 9.59 Å². The highest BCUT2D eigenvalue weighted by atomic mass is 16.6. The Morgan fingerprint density at radius 3 is 2.14 bits per heavy atom. The highest BCUT2D eigenvalue weighted by Gasteiger charge is 2.24. The molecule has 0 saturated heterocycles. The molecule has 1 amide bonds. The van der Waals surface area contributed by atoms with E-state index in [1.165, 1.54) is 19.1 Å². The van der Waals surface area contributed by atoms with Crippen molar-refractivity contribution >= 4 is 23.5 Å². The molecule has 1 aromatic rings. The van der Waals surface area contributed by atoms with E-state index in [0.29, 0.717) is 10.5 Å². The Morgan fingerprint density at radius 2 is 1.71 bits per heavy atom. The molecular weight excluding hydrogens is 284 g/mol. The number of carbonyl (C=O) groups is 3. The van der Waals surface area contributed by atoms with Crippen LogP contribution in [0.2, 0.25) is 0 Å². The van der Waals surface area contributed by atoms with E-state index in [2.05, 4.69) is 0 Å². The van der Waals surface area contributed by atoms with E-state index in [4.69, 9.17) is 10.2 Å². The number of benzene rings is 1. The number of carboxylic acid groups (broad SMARTS) is 2. The van der Waals surface area contributed by atoms with Gasteiger partial charge in [-0.15, -0.1) is 0 Å². The molecule has 0 aliphatic heterocycles. The number of aryl methyl sites for hydroxylation is 1. The molecular formula is C12H12N2O7. The van der Waals surface area contributed by atoms with E-state index < -0.39 is 35.9 Å². The van der Waals surface area contributed by atoms with Gasteiger partial charge in [0.1, 0.15) is 13.1 Å². The minimum absolute atomic E-state index is 0.105. The number of nitro benzene ring substituents is 1. The van der Waals surface area contributed by atoms with Crippen LogP contribution in [0.3, 0.4) is 0 Å². The van der Waals surface area contributed by atoms with Crippen molar-refractivity contribution in [3.05, 3.63) is 39.4 Å². The summed E-state index contributed by atoms with van der Waals surface area (Å²) >= 11 is 0. The predicted molar refractivity (Wildman–Crippen MR) is 69.0 cm³/mol. The van der Waals surface area contributed by atoms with E-state index >= 15 is 0 Å². The lowest BCUT2D eigenvalue weighted by atomic mass is 10.1. The second-order valence-corrected chi connectivity index (χ2v) is 4.21. The van der Waals surface area contributed by atoms with Crippen molar-refractivity contribution in [1.29, 1.82) is 0 Å². The molecule has 0 aliphatic rings. The molecule has 1 aromatic carbocycles. The smallest absolute Gasteiger partial charge is 0.323 e. The Morgan fingerprint density at radius 1 is 1.19 bits per heavy atom. The van der Waals surface area contributed by atoms with Crippen molar-refractivity contribution in [3.63, 3.8) is 0 Å². The summed E-state index contributed by atoms with van der Waals surface area (Å²) in [6.45, 7) is -0.114. The minimum Gasteiger partial charge on any atom is -0.480 e. The summed E-state index contributed by atoms with van der Waals surface area (Å²) in [7, 11) is 0. The normalized spacial score (nSPS) is 9.95. The van der Waals surface area contributed by atoms with Crippen molar-refractivity contribution in [1.82, 2.24) is 4.90 Å². The molecule has 1 rings (SSSR count). The van der Waals surface area contributed by atoms with Crippen LogP contribution in [0.1, 0.15) is 15.9 Å². The van der Waals surface area contributed by atoms with Crippen LogP contribution in [0.5, 0.6) is 0 Å². The predicted octanol–water partition coefficient (Wildman–Crippen LogP) is 0.515. The third-order valence-electron chi connectivity index (χ3n) is 2.60. The van der Waals surface area contributed by atoms with E-state index in [9.17, 15) is 24.5 Å². The van der Waals surface area contributed by atoms with Crippen LogP contribution >= 0.6 is 0 Å². The molecule has 0 aromatic heterocycles. The first-order chi connectivity index (χ1) is 9.72. The zero-order valence-electron chi connectivity index (χ0n) is 11.0. The van der Waals surface area contributed by atoms with Gasteiger partial charge in [0, 0.05) is 17.7 Å². The third-order valence-corrected chi connectivity index (χ3v) is 2.60. The number of hydrogen-bond donors (Lipinski definition) is 2. The number of carbonyl (C=O) groups excluding carboxylic acids is 1. The number of hydrogen-bond acceptors (Lipinski definition) is 5. The van der Waals surface area contributed by atoms with E-state index in [1.54, 1.807) is 0 Å². The SMILES string of the molecule is Cc1ccc([N+](=O)[O-])cc1C(=O)N(CC(=O)O)CC(=O)O. The molecule has 0 fully saturated rings. The second-order valence-electron chi connectivity index (χ2n) is 4.21. The van der Waals surface area contributed by atoms with Crippen LogP contribution in [0, 0.1) is 17.0 Å². The van der Waals surface area contributed by atoms with Crippen molar-refractivity contribution < 1.29 is 29.5 Å². The molecule has 0 spiro atoms. The molecule has 0 unspecified atom stereocenters. The molecule has 0 radical (unpaired) electrons. The summed E-state index contributed by atoms with van der Waals surface area (Å²) in [4.78, 5) is 44.2. The molecule has 0 atom stereocenters. The molecule has 0 bridgehead atoms. The zero-order valence-corrected chi connectivity index (χ0v) is 11.0. The topological polar surface area (TPSA) is 138 Å². The molecule has 112 valence electrons. The fraction of sp³-hybridized carbons (Fsp3) is 0.250. The molecule has 0 heterocycles. The molecule has 9 heteroatoms. The van der Waals surface area contributed by atoms with Crippen molar-refractivity contribution in [2.45, 2.75) is 6.92 Å². The minimum atomic E-state index is -1.38. The fourth-order valence-corrected chi connectivity index (χ4v) is 1.65. The quantitative estimate of drug-likeness (QED) is 0.576. The molecule has 0 aliphatic carbocycles. The standard InChI is InChI=1S/C12H12N2O7/c1-7-2-3-8(14(20)21)4-9(7)12(19)13(5-10(15)16)6-11(17)18/h2-4H,5-6H2,1H3,(H,15,16)(H,17,18). The van der Waals surface area contributed by atoms with E-state index in [1.807, 2.05) is 0 Å². The Kier molecular flexibility index (Phi) is 4.95. The van der Waals surface area contributed by atoms with Crippen LogP contribution in [0.25, 0.3) is 0 Å². The molecule has 0 saturated carbocycles. The van der Waals surface area contributed by atoms with Gasteiger partial charge in [0.15, 0.2) is 0 Å². The summed E-state index contributed by atoms with van der Waals surface area (Å²) in [6.07, 6.45) is 0. The Hall–Kier alpha value is -2.97. The first-order valence-corrected chi connectivity index (χ1v) is 5.70. The van der Waals surface area contributed by atoms with Crippen LogP contribution < -0.4 is 0 Å². The number of amides is 1. The maximum atomic E-state index is 12.2. The summed E-state index contributed by atoms with van der Waals surface area (Å²) in [5.41, 5.74) is -0.0624. The number of aliphatic carboxylic acids is 2. The van der Waals surface area contributed by atoms with Gasteiger partial charge >= 0.3 is 11.9 Å². The Bertz CT molecular complexity index is 596. The summed E-state index contributed by atoms with van der Waals surface area (Å²) < 4.78 is 0. The fourth-order valence-electron chi connectivity index (χ4n) is 1.65. The lowest BCUT2D eigenvalue weighted by molar-refractivity contribution is -0.384. The van der Waals surface area contributed by atoms with Gasteiger partial charge in [0.25, 0.3) is 11.6 Å². The highest BCUT2D eigenvalue weighted by Crippen LogP contribution is 2.19. The lowest BCUT2D eigenvalue weighted by Crippen LogP contribution is -2.39. The number of nitrogens with zero attached hydrogens (tertiary/aromatic N) is 2. The monoisotopic (exact) mass is 296 g/mol. The van der Waals surface area contributed by atoms with Gasteiger partial charge in [-0.1, -0.05) is 6.07 Å². The van der Waals surface area contributed by atoms with Crippen LogP contribution in [0.15, 0.2) is 18.2 Å². The average Bonchev–Trinajstić information content (AvgIpc) is 2.36. The number of nitro groups is 1. The van der Waals surface area contributed by atoms with E-state index in [-0.39, 0.29) is 11.3 Å². The molecule has 2 N–H and O–H groups in total. The second kappa shape index (κ2) is 6.46. The molecule has 21 heavy (non-hydrogen) atoms. The highest BCUT2D eigenvalue weighted by molar-refractivity contribution is 5.99. The first-order valence-electron chi connectivity index (χ1n) is 5.70. The van der Waals surface area contributed by atoms with Crippen molar-refractivity contribution in [3.8, 4) is 0 Å². The van der Waals surface area contributed by atoms with Gasteiger partial charge in [-0.3, -0.25) is 24.5 Å². The first kappa shape index (κ1) is 16.1. The Balaban J connectivity index is 3.18. The van der Waals surface area contributed by atoms with Crippen LogP contribution in [-0.4, -0.2) is 51.0 Å². The summed E-state index contributed by atoms with van der Waals surface area (Å²) in [5.74, 6) is -3.65. The summed E-state index contributed by atoms with van der Waals surface area (Å²) in [6, 6.07) is 3.53. The van der Waals surface area contributed by atoms with Gasteiger partial charge in [-0.25, -0.2) is 0 Å². The van der Waals surface area contributed by atoms with Gasteiger partial charge in [-0.05, 0) is 12.5 Å². The van der Waals surface area contributed by atoms with Gasteiger partial charge in [0.2, 0.25) is 0 Å². The number of non-ortho nitro benzene ring substituents is 1. The maximum Gasteiger partial charge on any atom is 0.323 e. The van der Waals surface area contributed by atoms with Crippen molar-refractivity contribution in [2.75, 3.05) is 13.1 Å². The van der Waals surface area contributed by atoms with Crippen LogP contribution in [0.4, 0.5) is 5.69 Å². The summed E-state index contributed by atoms with van der Waals surface area (Å²) in [5, 5.41) is 28.1. The van der Waals surface area contributed by atoms with E-state index in [0.717, 1.165) is 6.07 Å². The van der Waals surface area contributed by atoms with Gasteiger partial charge in [0.05, 0.1) is 4.92 Å². The van der Waals surface area contributed by atoms with Crippen molar-refractivity contribution in [2.24, 2.45) is 0 Å². The largest absolute Gasteiger partial charge is 0.480 e. The Labute approximate surface area is 118 Å². The third kappa shape index (κ3) is 4.27. The molecule has 9 nitrogen and oxygen atoms in total. The lowest BCUT2D eigenvalue weighted by Gasteiger charge is -2.19. The zero-order chi connectivity index (χ0) is 16.2. The van der Waals surface area contributed by atoms with Gasteiger partial charge < -0.3 is 15.1 Å². The number of rotatable bonds is 6. The maximum absolute atomic E-state index is 12.2.